The molecule has 0 radical (unpaired) electrons. The number of nitrogens with two attached hydrogens (primary N) is 1. The molecule has 0 aliphatic heterocycles. The molecular weight excluding hydrogens is 232 g/mol. The molecule has 0 amide bonds. The van der Waals surface area contributed by atoms with Crippen LogP contribution in [0.3, 0.4) is 0 Å². The largest absolute Gasteiger partial charge is 0.329 e. The van der Waals surface area contributed by atoms with Crippen LogP contribution in [0.4, 0.5) is 0 Å². The number of nitrogens with one attached hydrogen (secondary N) is 1. The highest BCUT2D eigenvalue weighted by Crippen LogP contribution is 2.31. The molecule has 2 heteroatoms. The van der Waals surface area contributed by atoms with Gasteiger partial charge in [0.05, 0.1) is 0 Å². The molecule has 1 fully saturated rings. The second-order valence-corrected chi connectivity index (χ2v) is 6.30. The lowest BCUT2D eigenvalue weighted by Crippen LogP contribution is -2.51. The Morgan fingerprint density at radius 3 is 2.68 bits per heavy atom. The molecule has 1 aromatic carbocycles. The number of hydrogen-bond donors (Lipinski definition) is 2. The molecule has 1 aliphatic carbocycles. The van der Waals surface area contributed by atoms with Crippen molar-refractivity contribution < 1.29 is 0 Å². The summed E-state index contributed by atoms with van der Waals surface area (Å²) in [6.07, 6.45) is 6.37. The Morgan fingerprint density at radius 2 is 2.00 bits per heavy atom. The van der Waals surface area contributed by atoms with E-state index in [-0.39, 0.29) is 5.54 Å². The molecule has 19 heavy (non-hydrogen) atoms. The third-order valence-corrected chi connectivity index (χ3v) is 4.68. The summed E-state index contributed by atoms with van der Waals surface area (Å²) in [5, 5.41) is 3.83. The van der Waals surface area contributed by atoms with Crippen LogP contribution in [0.25, 0.3) is 0 Å². The Hall–Kier alpha value is -0.860. The Balaban J connectivity index is 2.05. The van der Waals surface area contributed by atoms with Crippen LogP contribution in [-0.2, 0) is 0 Å². The van der Waals surface area contributed by atoms with Gasteiger partial charge in [-0.3, -0.25) is 0 Å². The van der Waals surface area contributed by atoms with Gasteiger partial charge in [-0.2, -0.15) is 0 Å². The van der Waals surface area contributed by atoms with E-state index in [0.29, 0.717) is 6.04 Å². The zero-order valence-corrected chi connectivity index (χ0v) is 12.4. The molecule has 0 heterocycles. The van der Waals surface area contributed by atoms with Crippen molar-refractivity contribution in [3.05, 3.63) is 35.9 Å². The molecule has 0 saturated heterocycles. The minimum Gasteiger partial charge on any atom is -0.329 e. The second kappa shape index (κ2) is 6.53. The summed E-state index contributed by atoms with van der Waals surface area (Å²) in [7, 11) is 0. The summed E-state index contributed by atoms with van der Waals surface area (Å²) in [6.45, 7) is 5.37. The fourth-order valence-electron chi connectivity index (χ4n) is 3.27. The van der Waals surface area contributed by atoms with Crippen molar-refractivity contribution in [2.24, 2.45) is 11.7 Å². The van der Waals surface area contributed by atoms with E-state index in [2.05, 4.69) is 49.5 Å². The van der Waals surface area contributed by atoms with Crippen molar-refractivity contribution in [1.82, 2.24) is 5.32 Å². The fraction of sp³-hybridized carbons (Fsp3) is 0.647. The van der Waals surface area contributed by atoms with Crippen LogP contribution >= 0.6 is 0 Å². The summed E-state index contributed by atoms with van der Waals surface area (Å²) in [6, 6.07) is 11.1. The zero-order chi connectivity index (χ0) is 13.7. The summed E-state index contributed by atoms with van der Waals surface area (Å²) >= 11 is 0. The minimum absolute atomic E-state index is 0.139. The van der Waals surface area contributed by atoms with E-state index in [1.165, 1.54) is 37.7 Å². The first-order valence-electron chi connectivity index (χ1n) is 7.68. The van der Waals surface area contributed by atoms with Crippen LogP contribution in [0.15, 0.2) is 30.3 Å². The first-order chi connectivity index (χ1) is 9.15. The number of benzene rings is 1. The maximum absolute atomic E-state index is 6.12. The van der Waals surface area contributed by atoms with E-state index in [1.54, 1.807) is 0 Å². The highest BCUT2D eigenvalue weighted by atomic mass is 15.0. The fourth-order valence-corrected chi connectivity index (χ4v) is 3.27. The molecule has 1 aliphatic rings. The van der Waals surface area contributed by atoms with Gasteiger partial charge in [-0.1, -0.05) is 50.1 Å². The molecule has 3 atom stereocenters. The van der Waals surface area contributed by atoms with E-state index < -0.39 is 0 Å². The van der Waals surface area contributed by atoms with E-state index in [4.69, 9.17) is 5.73 Å². The molecule has 2 nitrogen and oxygen atoms in total. The lowest BCUT2D eigenvalue weighted by Gasteiger charge is -2.36. The van der Waals surface area contributed by atoms with Crippen LogP contribution in [0.1, 0.15) is 57.6 Å². The van der Waals surface area contributed by atoms with E-state index in [9.17, 15) is 0 Å². The maximum atomic E-state index is 6.12. The van der Waals surface area contributed by atoms with Crippen molar-refractivity contribution in [2.75, 3.05) is 6.54 Å². The van der Waals surface area contributed by atoms with E-state index >= 15 is 0 Å². The van der Waals surface area contributed by atoms with Crippen LogP contribution in [-0.4, -0.2) is 12.1 Å². The molecule has 0 aromatic heterocycles. The quantitative estimate of drug-likeness (QED) is 0.811. The van der Waals surface area contributed by atoms with Gasteiger partial charge in [0.1, 0.15) is 0 Å². The molecule has 1 saturated carbocycles. The average molecular weight is 260 g/mol. The maximum Gasteiger partial charge on any atom is 0.0309 e. The minimum atomic E-state index is 0.139. The number of hydrogen-bond acceptors (Lipinski definition) is 2. The Kier molecular flexibility index (Phi) is 5.00. The van der Waals surface area contributed by atoms with Crippen LogP contribution in [0.2, 0.25) is 0 Å². The van der Waals surface area contributed by atoms with Gasteiger partial charge in [-0.05, 0) is 37.7 Å². The summed E-state index contributed by atoms with van der Waals surface area (Å²) in [5.41, 5.74) is 7.61. The molecule has 106 valence electrons. The van der Waals surface area contributed by atoms with Gasteiger partial charge in [0.25, 0.3) is 0 Å². The van der Waals surface area contributed by atoms with Gasteiger partial charge >= 0.3 is 0 Å². The summed E-state index contributed by atoms with van der Waals surface area (Å²) in [5.74, 6) is 0.849. The van der Waals surface area contributed by atoms with Crippen molar-refractivity contribution in [2.45, 2.75) is 57.5 Å². The highest BCUT2D eigenvalue weighted by Gasteiger charge is 2.32. The third kappa shape index (κ3) is 3.80. The first kappa shape index (κ1) is 14.5. The number of rotatable bonds is 4. The van der Waals surface area contributed by atoms with Crippen molar-refractivity contribution >= 4 is 0 Å². The lowest BCUT2D eigenvalue weighted by atomic mass is 9.88. The molecule has 1 aromatic rings. The summed E-state index contributed by atoms with van der Waals surface area (Å²) in [4.78, 5) is 0. The normalized spacial score (nSPS) is 29.7. The monoisotopic (exact) mass is 260 g/mol. The van der Waals surface area contributed by atoms with Gasteiger partial charge in [0.15, 0.2) is 0 Å². The van der Waals surface area contributed by atoms with E-state index in [0.717, 1.165) is 12.5 Å². The molecule has 3 N–H and O–H groups in total. The van der Waals surface area contributed by atoms with Crippen LogP contribution in [0, 0.1) is 5.92 Å². The SMILES string of the molecule is CC1CCCC(CN)(NC(C)c2ccccc2)CC1. The topological polar surface area (TPSA) is 38.0 Å². The molecule has 2 rings (SSSR count). The third-order valence-electron chi connectivity index (χ3n) is 4.68. The lowest BCUT2D eigenvalue weighted by molar-refractivity contribution is 0.263. The highest BCUT2D eigenvalue weighted by molar-refractivity contribution is 5.19. The van der Waals surface area contributed by atoms with Crippen molar-refractivity contribution in [3.8, 4) is 0 Å². The average Bonchev–Trinajstić information content (AvgIpc) is 2.63. The smallest absolute Gasteiger partial charge is 0.0309 e. The predicted octanol–water partition coefficient (Wildman–Crippen LogP) is 3.63. The van der Waals surface area contributed by atoms with E-state index in [1.807, 2.05) is 0 Å². The van der Waals surface area contributed by atoms with Crippen LogP contribution < -0.4 is 11.1 Å². The molecule has 3 unspecified atom stereocenters. The molecule has 0 spiro atoms. The van der Waals surface area contributed by atoms with Gasteiger partial charge in [0, 0.05) is 18.1 Å². The van der Waals surface area contributed by atoms with Crippen LogP contribution in [0.5, 0.6) is 0 Å². The van der Waals surface area contributed by atoms with Gasteiger partial charge in [-0.15, -0.1) is 0 Å². The Morgan fingerprint density at radius 1 is 1.26 bits per heavy atom. The Bertz CT molecular complexity index is 376. The standard InChI is InChI=1S/C17H28N2/c1-14-7-6-11-17(13-18,12-10-14)19-15(2)16-8-4-3-5-9-16/h3-5,8-9,14-15,19H,6-7,10-13,18H2,1-2H3. The molecule has 0 bridgehead atoms. The van der Waals surface area contributed by atoms with Crippen molar-refractivity contribution in [1.29, 1.82) is 0 Å². The van der Waals surface area contributed by atoms with Crippen molar-refractivity contribution in [3.63, 3.8) is 0 Å². The summed E-state index contributed by atoms with van der Waals surface area (Å²) < 4.78 is 0. The first-order valence-corrected chi connectivity index (χ1v) is 7.68. The van der Waals surface area contributed by atoms with Gasteiger partial charge in [0.2, 0.25) is 0 Å². The Labute approximate surface area is 117 Å². The van der Waals surface area contributed by atoms with Gasteiger partial charge < -0.3 is 11.1 Å². The van der Waals surface area contributed by atoms with Gasteiger partial charge in [-0.25, -0.2) is 0 Å². The molecular formula is C17H28N2. The predicted molar refractivity (Wildman–Crippen MR) is 82.0 cm³/mol. The second-order valence-electron chi connectivity index (χ2n) is 6.30. The zero-order valence-electron chi connectivity index (χ0n) is 12.4.